The first-order valence-corrected chi connectivity index (χ1v) is 12.5. The number of aliphatic hydroxyl groups is 1. The Morgan fingerprint density at radius 3 is 2.86 bits per heavy atom. The maximum atomic E-state index is 13.5. The lowest BCUT2D eigenvalue weighted by molar-refractivity contribution is 0.0325. The van der Waals surface area contributed by atoms with Gasteiger partial charge in [0.2, 0.25) is 12.7 Å². The molecule has 1 aromatic carbocycles. The average Bonchev–Trinajstić information content (AvgIpc) is 3.34. The molecule has 2 aromatic rings. The summed E-state index contributed by atoms with van der Waals surface area (Å²) in [6.07, 6.45) is 3.20. The molecule has 8 nitrogen and oxygen atoms in total. The Morgan fingerprint density at radius 1 is 1.28 bits per heavy atom. The number of carbonyl (C=O) groups is 1. The van der Waals surface area contributed by atoms with Crippen LogP contribution < -0.4 is 14.2 Å². The second kappa shape index (κ2) is 11.6. The highest BCUT2D eigenvalue weighted by Gasteiger charge is 2.34. The predicted octanol–water partition coefficient (Wildman–Crippen LogP) is 3.31. The lowest BCUT2D eigenvalue weighted by atomic mass is 9.99. The number of hydrogen-bond donors (Lipinski definition) is 1. The number of likely N-dealkylation sites (N-methyl/N-ethyl adjacent to an activating group) is 1. The van der Waals surface area contributed by atoms with Crippen LogP contribution in [0.15, 0.2) is 30.5 Å². The van der Waals surface area contributed by atoms with Gasteiger partial charge in [-0.25, -0.2) is 4.98 Å². The normalized spacial score (nSPS) is 19.6. The fraction of sp³-hybridized carbons (Fsp3) is 0.500. The van der Waals surface area contributed by atoms with Crippen LogP contribution in [0.1, 0.15) is 55.1 Å². The summed E-state index contributed by atoms with van der Waals surface area (Å²) in [6, 6.07) is 7.40. The van der Waals surface area contributed by atoms with Gasteiger partial charge in [-0.3, -0.25) is 9.69 Å². The molecular formula is C28H35N3O5. The van der Waals surface area contributed by atoms with Crippen molar-refractivity contribution in [3.63, 3.8) is 0 Å². The van der Waals surface area contributed by atoms with Gasteiger partial charge in [-0.2, -0.15) is 0 Å². The first-order chi connectivity index (χ1) is 17.4. The minimum Gasteiger partial charge on any atom is -0.472 e. The number of nitrogens with zero attached hydrogens (tertiary/aromatic N) is 3. The number of hydrogen-bond acceptors (Lipinski definition) is 7. The fourth-order valence-corrected chi connectivity index (χ4v) is 4.40. The number of rotatable bonds is 7. The lowest BCUT2D eigenvalue weighted by Gasteiger charge is -2.37. The van der Waals surface area contributed by atoms with Crippen molar-refractivity contribution in [2.45, 2.75) is 52.3 Å². The van der Waals surface area contributed by atoms with Crippen molar-refractivity contribution in [3.8, 4) is 29.2 Å². The zero-order valence-corrected chi connectivity index (χ0v) is 21.5. The summed E-state index contributed by atoms with van der Waals surface area (Å²) in [6.45, 7) is 7.92. The maximum Gasteiger partial charge on any atom is 0.259 e. The molecule has 36 heavy (non-hydrogen) atoms. The van der Waals surface area contributed by atoms with Gasteiger partial charge in [-0.05, 0) is 44.2 Å². The van der Waals surface area contributed by atoms with Crippen molar-refractivity contribution in [2.75, 3.05) is 33.5 Å². The Kier molecular flexibility index (Phi) is 8.34. The second-order valence-corrected chi connectivity index (χ2v) is 9.64. The number of aliphatic hydroxyl groups excluding tert-OH is 1. The van der Waals surface area contributed by atoms with E-state index in [4.69, 9.17) is 14.2 Å². The van der Waals surface area contributed by atoms with Crippen molar-refractivity contribution in [1.82, 2.24) is 14.8 Å². The van der Waals surface area contributed by atoms with Gasteiger partial charge in [0.25, 0.3) is 5.91 Å². The summed E-state index contributed by atoms with van der Waals surface area (Å²) in [5.74, 6) is 7.86. The number of aromatic nitrogens is 1. The van der Waals surface area contributed by atoms with E-state index >= 15 is 0 Å². The van der Waals surface area contributed by atoms with Crippen LogP contribution in [0.25, 0.3) is 0 Å². The van der Waals surface area contributed by atoms with Crippen LogP contribution in [0.4, 0.5) is 0 Å². The molecule has 3 heterocycles. The van der Waals surface area contributed by atoms with E-state index in [1.807, 2.05) is 32.2 Å². The van der Waals surface area contributed by atoms with Crippen molar-refractivity contribution in [2.24, 2.45) is 5.92 Å². The predicted molar refractivity (Wildman–Crippen MR) is 136 cm³/mol. The zero-order chi connectivity index (χ0) is 25.7. The Bertz CT molecular complexity index is 1140. The van der Waals surface area contributed by atoms with Gasteiger partial charge in [0, 0.05) is 43.7 Å². The van der Waals surface area contributed by atoms with E-state index in [9.17, 15) is 9.90 Å². The third-order valence-electron chi connectivity index (χ3n) is 6.51. The molecule has 0 saturated heterocycles. The molecule has 0 unspecified atom stereocenters. The molecule has 0 bridgehead atoms. The van der Waals surface area contributed by atoms with E-state index in [1.54, 1.807) is 17.2 Å². The molecule has 3 atom stereocenters. The molecule has 0 aliphatic carbocycles. The summed E-state index contributed by atoms with van der Waals surface area (Å²) in [5, 5.41) is 9.85. The van der Waals surface area contributed by atoms with Crippen LogP contribution in [-0.4, -0.2) is 71.5 Å². The van der Waals surface area contributed by atoms with Crippen LogP contribution in [0.2, 0.25) is 0 Å². The van der Waals surface area contributed by atoms with Crippen LogP contribution in [0.3, 0.4) is 0 Å². The van der Waals surface area contributed by atoms with Gasteiger partial charge in [-0.15, -0.1) is 0 Å². The van der Waals surface area contributed by atoms with Crippen molar-refractivity contribution >= 4 is 5.91 Å². The number of pyridine rings is 1. The fourth-order valence-electron chi connectivity index (χ4n) is 4.40. The smallest absolute Gasteiger partial charge is 0.259 e. The van der Waals surface area contributed by atoms with Crippen LogP contribution >= 0.6 is 0 Å². The summed E-state index contributed by atoms with van der Waals surface area (Å²) >= 11 is 0. The maximum absolute atomic E-state index is 13.5. The second-order valence-electron chi connectivity index (χ2n) is 9.64. The van der Waals surface area contributed by atoms with Crippen LogP contribution in [0, 0.1) is 17.8 Å². The average molecular weight is 494 g/mol. The minimum absolute atomic E-state index is 0.0149. The number of fused-ring (bicyclic) bond motifs is 2. The molecule has 1 amide bonds. The van der Waals surface area contributed by atoms with E-state index in [0.717, 1.165) is 29.9 Å². The third-order valence-corrected chi connectivity index (χ3v) is 6.51. The van der Waals surface area contributed by atoms with E-state index in [0.29, 0.717) is 36.6 Å². The molecule has 4 rings (SSSR count). The number of benzene rings is 1. The Labute approximate surface area is 213 Å². The van der Waals surface area contributed by atoms with Gasteiger partial charge < -0.3 is 24.2 Å². The number of unbranched alkanes of at least 4 members (excludes halogenated alkanes) is 1. The van der Waals surface area contributed by atoms with E-state index in [1.165, 1.54) is 0 Å². The van der Waals surface area contributed by atoms with Gasteiger partial charge in [0.15, 0.2) is 11.5 Å². The molecule has 0 radical (unpaired) electrons. The third kappa shape index (κ3) is 5.92. The molecule has 2 aliphatic heterocycles. The molecule has 8 heteroatoms. The first kappa shape index (κ1) is 25.8. The molecule has 1 aromatic heterocycles. The van der Waals surface area contributed by atoms with E-state index in [-0.39, 0.29) is 37.4 Å². The lowest BCUT2D eigenvalue weighted by Crippen LogP contribution is -2.49. The Morgan fingerprint density at radius 2 is 2.08 bits per heavy atom. The van der Waals surface area contributed by atoms with Gasteiger partial charge in [0.1, 0.15) is 11.7 Å². The Balaban J connectivity index is 1.57. The van der Waals surface area contributed by atoms with Gasteiger partial charge >= 0.3 is 0 Å². The zero-order valence-electron chi connectivity index (χ0n) is 21.5. The monoisotopic (exact) mass is 493 g/mol. The topological polar surface area (TPSA) is 84.4 Å². The molecule has 2 aliphatic rings. The number of amides is 1. The van der Waals surface area contributed by atoms with Crippen LogP contribution in [0.5, 0.6) is 17.4 Å². The highest BCUT2D eigenvalue weighted by Crippen LogP contribution is 2.33. The van der Waals surface area contributed by atoms with Crippen molar-refractivity contribution in [3.05, 3.63) is 47.2 Å². The summed E-state index contributed by atoms with van der Waals surface area (Å²) in [7, 11) is 2.04. The molecular weight excluding hydrogens is 458 g/mol. The highest BCUT2D eigenvalue weighted by molar-refractivity contribution is 5.97. The standard InChI is InChI=1S/C28H35N3O5/c1-5-6-7-8-21-11-23-27(29-13-21)36-26(19(2)14-31(28(23)33)20(3)17-32)16-30(4)15-22-9-10-24-25(12-22)35-18-34-24/h9-13,19-20,26,32H,5-6,14-18H2,1-4H3/t19-,20-,26+/m0/s1. The van der Waals surface area contributed by atoms with Crippen LogP contribution in [-0.2, 0) is 6.54 Å². The summed E-state index contributed by atoms with van der Waals surface area (Å²) in [4.78, 5) is 21.9. The Hall–Kier alpha value is -3.28. The number of ether oxygens (including phenoxy) is 3. The summed E-state index contributed by atoms with van der Waals surface area (Å²) in [5.41, 5.74) is 2.18. The van der Waals surface area contributed by atoms with Gasteiger partial charge in [0.05, 0.1) is 12.6 Å². The molecule has 0 fully saturated rings. The van der Waals surface area contributed by atoms with E-state index in [2.05, 4.69) is 35.6 Å². The van der Waals surface area contributed by atoms with Crippen molar-refractivity contribution < 1.29 is 24.1 Å². The highest BCUT2D eigenvalue weighted by atomic mass is 16.7. The largest absolute Gasteiger partial charge is 0.472 e. The molecule has 0 spiro atoms. The SMILES string of the molecule is CCCC#Cc1cnc2c(c1)C(=O)N([C@@H](C)CO)C[C@H](C)[C@@H](CN(C)Cc1ccc3c(c1)OCO3)O2. The molecule has 192 valence electrons. The van der Waals surface area contributed by atoms with Gasteiger partial charge in [-0.1, -0.05) is 31.8 Å². The number of carbonyl (C=O) groups excluding carboxylic acids is 1. The molecule has 0 saturated carbocycles. The minimum atomic E-state index is -0.326. The molecule has 1 N–H and O–H groups in total. The first-order valence-electron chi connectivity index (χ1n) is 12.5. The summed E-state index contributed by atoms with van der Waals surface area (Å²) < 4.78 is 17.3. The quantitative estimate of drug-likeness (QED) is 0.593. The van der Waals surface area contributed by atoms with Crippen molar-refractivity contribution in [1.29, 1.82) is 0 Å². The van der Waals surface area contributed by atoms with E-state index < -0.39 is 0 Å².